The largest absolute Gasteiger partial charge is 0.293 e. The summed E-state index contributed by atoms with van der Waals surface area (Å²) >= 11 is 0. The second-order valence-electron chi connectivity index (χ2n) is 1.87. The number of hydrogen-bond donors (Lipinski definition) is 0. The summed E-state index contributed by atoms with van der Waals surface area (Å²) in [5.41, 5.74) is 2.01. The Morgan fingerprint density at radius 2 is 2.00 bits per heavy atom. The van der Waals surface area contributed by atoms with Crippen LogP contribution in [0.25, 0.3) is 0 Å². The van der Waals surface area contributed by atoms with Gasteiger partial charge >= 0.3 is 0 Å². The molecule has 0 fully saturated rings. The maximum Gasteiger partial charge on any atom is 0.0385 e. The lowest BCUT2D eigenvalue weighted by Crippen LogP contribution is -1.92. The van der Waals surface area contributed by atoms with Crippen LogP contribution in [0.3, 0.4) is 0 Å². The maximum absolute atomic E-state index is 4.01. The minimum absolute atomic E-state index is 0.981. The van der Waals surface area contributed by atoms with Gasteiger partial charge in [0.15, 0.2) is 0 Å². The second-order valence-corrected chi connectivity index (χ2v) is 1.87. The van der Waals surface area contributed by atoms with Crippen LogP contribution in [0.5, 0.6) is 0 Å². The first-order valence-corrected chi connectivity index (χ1v) is 3.15. The molecule has 0 bridgehead atoms. The standard InChI is InChI=1S/C9H13N/c1-5-7-9(6-2)8(3)10-4/h5-7H,1-2H2,3-4H3/b9-7-,10-8?. The summed E-state index contributed by atoms with van der Waals surface area (Å²) in [5, 5.41) is 0. The van der Waals surface area contributed by atoms with Crippen LogP contribution in [0, 0.1) is 0 Å². The first-order valence-electron chi connectivity index (χ1n) is 3.15. The van der Waals surface area contributed by atoms with Crippen molar-refractivity contribution in [2.24, 2.45) is 4.99 Å². The number of aliphatic imine (C=N–C) groups is 1. The second kappa shape index (κ2) is 4.74. The molecule has 0 aliphatic heterocycles. The molecule has 1 heteroatoms. The van der Waals surface area contributed by atoms with E-state index in [1.165, 1.54) is 0 Å². The summed E-state index contributed by atoms with van der Waals surface area (Å²) in [5.74, 6) is 0. The van der Waals surface area contributed by atoms with Crippen molar-refractivity contribution in [1.82, 2.24) is 0 Å². The molecule has 0 amide bonds. The highest BCUT2D eigenvalue weighted by Crippen LogP contribution is 1.98. The van der Waals surface area contributed by atoms with E-state index < -0.39 is 0 Å². The third kappa shape index (κ3) is 2.44. The van der Waals surface area contributed by atoms with Crippen LogP contribution in [-0.4, -0.2) is 12.8 Å². The average molecular weight is 135 g/mol. The summed E-state index contributed by atoms with van der Waals surface area (Å²) in [7, 11) is 1.76. The van der Waals surface area contributed by atoms with E-state index in [0.29, 0.717) is 0 Å². The Morgan fingerprint density at radius 3 is 2.30 bits per heavy atom. The highest BCUT2D eigenvalue weighted by Gasteiger charge is 1.91. The molecule has 0 aromatic carbocycles. The summed E-state index contributed by atoms with van der Waals surface area (Å²) in [4.78, 5) is 4.01. The van der Waals surface area contributed by atoms with Crippen molar-refractivity contribution >= 4 is 5.71 Å². The molecule has 0 atom stereocenters. The third-order valence-electron chi connectivity index (χ3n) is 1.27. The van der Waals surface area contributed by atoms with Gasteiger partial charge in [0.2, 0.25) is 0 Å². The molecule has 0 aliphatic rings. The summed E-state index contributed by atoms with van der Waals surface area (Å²) in [6.45, 7) is 9.18. The zero-order valence-electron chi connectivity index (χ0n) is 6.59. The lowest BCUT2D eigenvalue weighted by molar-refractivity contribution is 1.41. The Bertz CT molecular complexity index is 185. The fraction of sp³-hybridized carbons (Fsp3) is 0.222. The molecule has 0 aliphatic carbocycles. The van der Waals surface area contributed by atoms with Crippen LogP contribution < -0.4 is 0 Å². The first-order chi connectivity index (χ1) is 4.76. The molecule has 0 heterocycles. The van der Waals surface area contributed by atoms with Gasteiger partial charge in [-0.15, -0.1) is 0 Å². The van der Waals surface area contributed by atoms with Gasteiger partial charge in [0.25, 0.3) is 0 Å². The molecular formula is C9H13N. The highest BCUT2D eigenvalue weighted by molar-refractivity contribution is 6.00. The van der Waals surface area contributed by atoms with Crippen LogP contribution in [0.4, 0.5) is 0 Å². The van der Waals surface area contributed by atoms with Crippen LogP contribution in [-0.2, 0) is 0 Å². The molecule has 0 spiro atoms. The lowest BCUT2D eigenvalue weighted by Gasteiger charge is -1.96. The fourth-order valence-electron chi connectivity index (χ4n) is 0.592. The predicted octanol–water partition coefficient (Wildman–Crippen LogP) is 2.38. The quantitative estimate of drug-likeness (QED) is 0.416. The van der Waals surface area contributed by atoms with E-state index in [4.69, 9.17) is 0 Å². The van der Waals surface area contributed by atoms with Crippen LogP contribution in [0.1, 0.15) is 6.92 Å². The molecule has 0 saturated heterocycles. The van der Waals surface area contributed by atoms with Crippen molar-refractivity contribution < 1.29 is 0 Å². The topological polar surface area (TPSA) is 12.4 Å². The van der Waals surface area contributed by atoms with Gasteiger partial charge in [-0.3, -0.25) is 4.99 Å². The number of nitrogens with zero attached hydrogens (tertiary/aromatic N) is 1. The van der Waals surface area contributed by atoms with Crippen LogP contribution in [0.2, 0.25) is 0 Å². The first kappa shape index (κ1) is 8.89. The van der Waals surface area contributed by atoms with E-state index in [9.17, 15) is 0 Å². The molecule has 0 radical (unpaired) electrons. The molecule has 1 nitrogen and oxygen atoms in total. The average Bonchev–Trinajstić information content (AvgIpc) is 1.99. The van der Waals surface area contributed by atoms with Gasteiger partial charge in [-0.05, 0) is 12.5 Å². The van der Waals surface area contributed by atoms with E-state index in [-0.39, 0.29) is 0 Å². The third-order valence-corrected chi connectivity index (χ3v) is 1.27. The maximum atomic E-state index is 4.01. The summed E-state index contributed by atoms with van der Waals surface area (Å²) in [6.07, 6.45) is 5.38. The van der Waals surface area contributed by atoms with Gasteiger partial charge in [0.1, 0.15) is 0 Å². The molecule has 0 unspecified atom stereocenters. The van der Waals surface area contributed by atoms with E-state index in [1.54, 1.807) is 19.2 Å². The van der Waals surface area contributed by atoms with E-state index >= 15 is 0 Å². The Hall–Kier alpha value is -1.11. The Labute approximate surface area is 62.5 Å². The smallest absolute Gasteiger partial charge is 0.0385 e. The van der Waals surface area contributed by atoms with Crippen LogP contribution >= 0.6 is 0 Å². The van der Waals surface area contributed by atoms with Gasteiger partial charge in [-0.1, -0.05) is 31.4 Å². The molecule has 0 N–H and O–H groups in total. The molecule has 54 valence electrons. The van der Waals surface area contributed by atoms with Crippen molar-refractivity contribution in [3.63, 3.8) is 0 Å². The van der Waals surface area contributed by atoms with Gasteiger partial charge in [0.05, 0.1) is 0 Å². The SMILES string of the molecule is C=C/C=C(/C=C)C(C)=NC. The minimum atomic E-state index is 0.981. The zero-order valence-corrected chi connectivity index (χ0v) is 6.59. The highest BCUT2D eigenvalue weighted by atomic mass is 14.7. The number of rotatable bonds is 3. The molecule has 0 rings (SSSR count). The Balaban J connectivity index is 4.51. The molecule has 10 heavy (non-hydrogen) atoms. The predicted molar refractivity (Wildman–Crippen MR) is 47.5 cm³/mol. The van der Waals surface area contributed by atoms with Crippen molar-refractivity contribution in [1.29, 1.82) is 0 Å². The van der Waals surface area contributed by atoms with Crippen molar-refractivity contribution in [2.45, 2.75) is 6.92 Å². The summed E-state index contributed by atoms with van der Waals surface area (Å²) < 4.78 is 0. The molecule has 0 aromatic rings. The minimum Gasteiger partial charge on any atom is -0.293 e. The normalized spacial score (nSPS) is 13.0. The molecule has 0 saturated carbocycles. The van der Waals surface area contributed by atoms with Crippen molar-refractivity contribution in [3.05, 3.63) is 37.0 Å². The Kier molecular flexibility index (Phi) is 4.21. The van der Waals surface area contributed by atoms with E-state index in [0.717, 1.165) is 11.3 Å². The zero-order chi connectivity index (χ0) is 7.98. The van der Waals surface area contributed by atoms with Crippen molar-refractivity contribution in [3.8, 4) is 0 Å². The number of hydrogen-bond acceptors (Lipinski definition) is 1. The van der Waals surface area contributed by atoms with E-state index in [2.05, 4.69) is 18.2 Å². The van der Waals surface area contributed by atoms with Crippen LogP contribution in [0.15, 0.2) is 42.0 Å². The monoisotopic (exact) mass is 135 g/mol. The van der Waals surface area contributed by atoms with Gasteiger partial charge in [-0.25, -0.2) is 0 Å². The van der Waals surface area contributed by atoms with Gasteiger partial charge in [-0.2, -0.15) is 0 Å². The summed E-state index contributed by atoms with van der Waals surface area (Å²) in [6, 6.07) is 0. The number of allylic oxidation sites excluding steroid dienone is 4. The van der Waals surface area contributed by atoms with Gasteiger partial charge in [0, 0.05) is 12.8 Å². The van der Waals surface area contributed by atoms with Gasteiger partial charge < -0.3 is 0 Å². The Morgan fingerprint density at radius 1 is 1.40 bits per heavy atom. The molecule has 0 aromatic heterocycles. The molecular weight excluding hydrogens is 122 g/mol. The van der Waals surface area contributed by atoms with E-state index in [1.807, 2.05) is 13.0 Å². The fourth-order valence-corrected chi connectivity index (χ4v) is 0.592. The van der Waals surface area contributed by atoms with Crippen molar-refractivity contribution in [2.75, 3.05) is 7.05 Å². The lowest BCUT2D eigenvalue weighted by atomic mass is 10.1.